The maximum atomic E-state index is 13.7. The van der Waals surface area contributed by atoms with Crippen molar-refractivity contribution in [3.8, 4) is 0 Å². The fourth-order valence-electron chi connectivity index (χ4n) is 3.19. The Balaban J connectivity index is 2.12. The summed E-state index contributed by atoms with van der Waals surface area (Å²) in [4.78, 5) is -0.399. The smallest absolute Gasteiger partial charge is 0.278 e. The van der Waals surface area contributed by atoms with Crippen LogP contribution in [-0.4, -0.2) is 36.2 Å². The van der Waals surface area contributed by atoms with Gasteiger partial charge in [0.2, 0.25) is 0 Å². The van der Waals surface area contributed by atoms with Crippen molar-refractivity contribution < 1.29 is 31.1 Å². The lowest BCUT2D eigenvalue weighted by Crippen LogP contribution is -2.38. The Morgan fingerprint density at radius 3 is 2.36 bits per heavy atom. The maximum Gasteiger partial charge on any atom is 0.278 e. The van der Waals surface area contributed by atoms with Crippen LogP contribution >= 0.6 is 0 Å². The fourth-order valence-corrected chi connectivity index (χ4v) is 4.13. The lowest BCUT2D eigenvalue weighted by atomic mass is 9.86. The first-order valence-electron chi connectivity index (χ1n) is 6.80. The number of rotatable bonds is 2. The minimum Gasteiger partial charge on any atom is -0.382 e. The molecule has 1 atom stereocenters. The highest BCUT2D eigenvalue weighted by Crippen LogP contribution is 2.50. The van der Waals surface area contributed by atoms with Crippen LogP contribution in [0.15, 0.2) is 11.1 Å². The van der Waals surface area contributed by atoms with Gasteiger partial charge in [0.25, 0.3) is 11.8 Å². The molecule has 9 heteroatoms. The monoisotopic (exact) mass is 341 g/mol. The van der Waals surface area contributed by atoms with Gasteiger partial charge in [-0.2, -0.15) is 0 Å². The lowest BCUT2D eigenvalue weighted by Gasteiger charge is -2.38. The number of sulfone groups is 1. The number of aliphatic hydroxyl groups is 1. The molecule has 1 unspecified atom stereocenters. The number of halogens is 4. The van der Waals surface area contributed by atoms with Crippen LogP contribution in [0.2, 0.25) is 0 Å². The van der Waals surface area contributed by atoms with E-state index in [1.54, 1.807) is 0 Å². The summed E-state index contributed by atoms with van der Waals surface area (Å²) < 4.78 is 78.5. The van der Waals surface area contributed by atoms with Crippen LogP contribution in [0.3, 0.4) is 0 Å². The Hall–Kier alpha value is -1.09. The van der Waals surface area contributed by atoms with Crippen LogP contribution in [0.1, 0.15) is 42.7 Å². The zero-order valence-corrected chi connectivity index (χ0v) is 12.5. The van der Waals surface area contributed by atoms with Crippen LogP contribution in [0, 0.1) is 0 Å². The highest BCUT2D eigenvalue weighted by molar-refractivity contribution is 7.90. The molecule has 3 rings (SSSR count). The van der Waals surface area contributed by atoms with Gasteiger partial charge in [-0.3, -0.25) is 0 Å². The van der Waals surface area contributed by atoms with Crippen molar-refractivity contribution >= 4 is 9.84 Å². The Morgan fingerprint density at radius 2 is 1.86 bits per heavy atom. The number of aromatic nitrogens is 1. The van der Waals surface area contributed by atoms with Crippen molar-refractivity contribution in [1.82, 2.24) is 4.57 Å². The van der Waals surface area contributed by atoms with Crippen molar-refractivity contribution in [2.24, 2.45) is 0 Å². The molecule has 1 fully saturated rings. The number of hydrogen-bond acceptors (Lipinski definition) is 3. The van der Waals surface area contributed by atoms with Gasteiger partial charge in [-0.05, 0) is 6.42 Å². The molecule has 0 saturated heterocycles. The summed E-state index contributed by atoms with van der Waals surface area (Å²) in [7, 11) is -3.85. The van der Waals surface area contributed by atoms with Crippen molar-refractivity contribution in [1.29, 1.82) is 0 Å². The van der Waals surface area contributed by atoms with Gasteiger partial charge in [-0.25, -0.2) is 26.0 Å². The Bertz CT molecular complexity index is 718. The van der Waals surface area contributed by atoms with E-state index in [4.69, 9.17) is 0 Å². The summed E-state index contributed by atoms with van der Waals surface area (Å²) in [6.45, 7) is 0. The van der Waals surface area contributed by atoms with Gasteiger partial charge >= 0.3 is 0 Å². The first-order valence-corrected chi connectivity index (χ1v) is 8.69. The van der Waals surface area contributed by atoms with E-state index in [0.717, 1.165) is 12.5 Å². The fraction of sp³-hybridized carbons (Fsp3) is 0.692. The van der Waals surface area contributed by atoms with Gasteiger partial charge in [0.05, 0.1) is 4.90 Å². The number of aliphatic hydroxyl groups excluding tert-OH is 1. The van der Waals surface area contributed by atoms with Crippen molar-refractivity contribution in [2.45, 2.75) is 54.6 Å². The van der Waals surface area contributed by atoms with E-state index in [9.17, 15) is 31.1 Å². The summed E-state index contributed by atoms with van der Waals surface area (Å²) in [6.07, 6.45) is -1.98. The molecular formula is C13H15F4NO3S. The molecule has 0 aliphatic heterocycles. The second kappa shape index (κ2) is 4.47. The predicted molar refractivity (Wildman–Crippen MR) is 69.0 cm³/mol. The maximum absolute atomic E-state index is 13.7. The summed E-state index contributed by atoms with van der Waals surface area (Å²) in [5.41, 5.74) is -0.117. The second-order valence-corrected chi connectivity index (χ2v) is 8.10. The van der Waals surface area contributed by atoms with Gasteiger partial charge in [-0.15, -0.1) is 0 Å². The zero-order valence-electron chi connectivity index (χ0n) is 11.7. The second-order valence-electron chi connectivity index (χ2n) is 6.11. The number of nitrogens with zero attached hydrogens (tertiary/aromatic N) is 1. The first kappa shape index (κ1) is 15.8. The summed E-state index contributed by atoms with van der Waals surface area (Å²) in [6, 6.07) is -0.627. The minimum absolute atomic E-state index is 0.156. The van der Waals surface area contributed by atoms with Crippen molar-refractivity contribution in [2.75, 3.05) is 6.26 Å². The molecule has 1 aromatic rings. The normalized spacial score (nSPS) is 27.3. The van der Waals surface area contributed by atoms with E-state index in [0.29, 0.717) is 0 Å². The van der Waals surface area contributed by atoms with Crippen molar-refractivity contribution in [3.05, 3.63) is 17.5 Å². The highest BCUT2D eigenvalue weighted by Gasteiger charge is 2.51. The lowest BCUT2D eigenvalue weighted by molar-refractivity contribution is -0.125. The van der Waals surface area contributed by atoms with Crippen LogP contribution in [0.25, 0.3) is 0 Å². The largest absolute Gasteiger partial charge is 0.382 e. The van der Waals surface area contributed by atoms with E-state index in [1.165, 1.54) is 4.57 Å². The average molecular weight is 341 g/mol. The third kappa shape index (κ3) is 2.34. The highest BCUT2D eigenvalue weighted by atomic mass is 32.2. The molecule has 4 nitrogen and oxygen atoms in total. The standard InChI is InChI=1S/C13H15F4NO3S/c1-22(20,21)9-6-18(7-4-12(14,15)5-7)8-2-3-13(16,17)11(19)10(8)9/h6-7,11,19H,2-5H2,1H3. The molecule has 1 heterocycles. The Morgan fingerprint density at radius 1 is 1.27 bits per heavy atom. The number of hydrogen-bond donors (Lipinski definition) is 1. The van der Waals surface area contributed by atoms with E-state index < -0.39 is 58.0 Å². The van der Waals surface area contributed by atoms with Gasteiger partial charge in [0.15, 0.2) is 9.84 Å². The van der Waals surface area contributed by atoms with Gasteiger partial charge in [-0.1, -0.05) is 0 Å². The Labute approximate surface area is 124 Å². The minimum atomic E-state index is -3.85. The van der Waals surface area contributed by atoms with E-state index in [-0.39, 0.29) is 17.7 Å². The van der Waals surface area contributed by atoms with Crippen LogP contribution in [-0.2, 0) is 16.3 Å². The van der Waals surface area contributed by atoms with E-state index >= 15 is 0 Å². The van der Waals surface area contributed by atoms with Crippen LogP contribution in [0.4, 0.5) is 17.6 Å². The third-order valence-corrected chi connectivity index (χ3v) is 5.50. The van der Waals surface area contributed by atoms with Gasteiger partial charge in [0, 0.05) is 49.0 Å². The number of fused-ring (bicyclic) bond motifs is 1. The van der Waals surface area contributed by atoms with Gasteiger partial charge < -0.3 is 9.67 Å². The molecule has 0 bridgehead atoms. The van der Waals surface area contributed by atoms with E-state index in [1.807, 2.05) is 0 Å². The van der Waals surface area contributed by atoms with Gasteiger partial charge in [0.1, 0.15) is 6.10 Å². The quantitative estimate of drug-likeness (QED) is 0.841. The van der Waals surface area contributed by atoms with Crippen molar-refractivity contribution in [3.63, 3.8) is 0 Å². The summed E-state index contributed by atoms with van der Waals surface area (Å²) in [5.74, 6) is -6.24. The van der Waals surface area contributed by atoms with Crippen LogP contribution < -0.4 is 0 Å². The molecule has 2 aliphatic rings. The molecule has 2 aliphatic carbocycles. The molecule has 22 heavy (non-hydrogen) atoms. The molecule has 1 aromatic heterocycles. The molecular weight excluding hydrogens is 326 g/mol. The molecule has 0 aromatic carbocycles. The zero-order chi connectivity index (χ0) is 16.5. The molecule has 1 saturated carbocycles. The predicted octanol–water partition coefficient (Wildman–Crippen LogP) is 2.48. The topological polar surface area (TPSA) is 59.3 Å². The molecule has 1 N–H and O–H groups in total. The average Bonchev–Trinajstić information content (AvgIpc) is 2.70. The number of alkyl halides is 4. The summed E-state index contributed by atoms with van der Waals surface area (Å²) >= 11 is 0. The Kier molecular flexibility index (Phi) is 3.21. The SMILES string of the molecule is CS(=O)(=O)c1cn(C2CC(F)(F)C2)c2c1C(O)C(F)(F)CC2. The first-order chi connectivity index (χ1) is 9.92. The summed E-state index contributed by atoms with van der Waals surface area (Å²) in [5, 5.41) is 9.85. The molecule has 0 amide bonds. The molecule has 0 spiro atoms. The van der Waals surface area contributed by atoms with Crippen LogP contribution in [0.5, 0.6) is 0 Å². The molecule has 124 valence electrons. The third-order valence-electron chi connectivity index (χ3n) is 4.37. The molecule has 0 radical (unpaired) electrons. The van der Waals surface area contributed by atoms with E-state index in [2.05, 4.69) is 0 Å².